The van der Waals surface area contributed by atoms with E-state index in [-0.39, 0.29) is 12.3 Å². The molecule has 7 nitrogen and oxygen atoms in total. The van der Waals surface area contributed by atoms with E-state index in [1.54, 1.807) is 13.2 Å². The zero-order chi connectivity index (χ0) is 19.6. The molecular formula is C19H17NO6S. The van der Waals surface area contributed by atoms with Gasteiger partial charge in [-0.3, -0.25) is 14.5 Å². The first kappa shape index (κ1) is 18.8. The Kier molecular flexibility index (Phi) is 5.36. The van der Waals surface area contributed by atoms with Gasteiger partial charge in [0.2, 0.25) is 5.76 Å². The second kappa shape index (κ2) is 7.71. The van der Waals surface area contributed by atoms with Crippen molar-refractivity contribution in [3.63, 3.8) is 0 Å². The summed E-state index contributed by atoms with van der Waals surface area (Å²) in [6.07, 6.45) is 1.67. The van der Waals surface area contributed by atoms with E-state index >= 15 is 0 Å². The lowest BCUT2D eigenvalue weighted by Gasteiger charge is -2.10. The second-order valence-corrected chi connectivity index (χ2v) is 6.75. The monoisotopic (exact) mass is 387 g/mol. The number of amides is 2. The molecule has 2 heterocycles. The molecule has 1 aromatic heterocycles. The van der Waals surface area contributed by atoms with Crippen molar-refractivity contribution in [3.8, 4) is 5.75 Å². The summed E-state index contributed by atoms with van der Waals surface area (Å²) >= 11 is 0.863. The van der Waals surface area contributed by atoms with Gasteiger partial charge in [0.25, 0.3) is 11.1 Å². The minimum Gasteiger partial charge on any atom is -0.496 e. The van der Waals surface area contributed by atoms with E-state index in [4.69, 9.17) is 9.15 Å². The zero-order valence-corrected chi connectivity index (χ0v) is 15.8. The number of nitrogens with zero attached hydrogens (tertiary/aromatic N) is 1. The summed E-state index contributed by atoms with van der Waals surface area (Å²) in [6.45, 7) is 1.85. The lowest BCUT2D eigenvalue weighted by Crippen LogP contribution is -2.27. The fourth-order valence-electron chi connectivity index (χ4n) is 2.61. The number of carbonyl (C=O) groups excluding carboxylic acids is 3. The fraction of sp³-hybridized carbons (Fsp3) is 0.211. The maximum absolute atomic E-state index is 12.6. The maximum atomic E-state index is 12.6. The topological polar surface area (TPSA) is 86.0 Å². The number of benzene rings is 1. The van der Waals surface area contributed by atoms with E-state index in [0.29, 0.717) is 10.7 Å². The minimum absolute atomic E-state index is 0.0173. The lowest BCUT2D eigenvalue weighted by atomic mass is 10.1. The van der Waals surface area contributed by atoms with Crippen molar-refractivity contribution in [1.82, 2.24) is 4.90 Å². The van der Waals surface area contributed by atoms with Crippen LogP contribution < -0.4 is 4.74 Å². The van der Waals surface area contributed by atoms with E-state index in [0.717, 1.165) is 33.5 Å². The van der Waals surface area contributed by atoms with Gasteiger partial charge < -0.3 is 13.9 Å². The quantitative estimate of drug-likeness (QED) is 0.572. The molecule has 140 valence electrons. The van der Waals surface area contributed by atoms with Crippen molar-refractivity contribution in [1.29, 1.82) is 0 Å². The van der Waals surface area contributed by atoms with E-state index < -0.39 is 17.1 Å². The van der Waals surface area contributed by atoms with Crippen molar-refractivity contribution in [3.05, 3.63) is 57.9 Å². The highest BCUT2D eigenvalue weighted by atomic mass is 32.2. The molecule has 0 spiro atoms. The number of rotatable bonds is 5. The van der Waals surface area contributed by atoms with E-state index in [2.05, 4.69) is 4.74 Å². The predicted molar refractivity (Wildman–Crippen MR) is 99.3 cm³/mol. The molecule has 1 saturated heterocycles. The molecule has 27 heavy (non-hydrogen) atoms. The highest BCUT2D eigenvalue weighted by Crippen LogP contribution is 2.34. The van der Waals surface area contributed by atoms with Gasteiger partial charge in [-0.25, -0.2) is 4.79 Å². The number of carbonyl (C=O) groups is 3. The number of hydrogen-bond acceptors (Lipinski definition) is 7. The first-order chi connectivity index (χ1) is 12.9. The number of aryl methyl sites for hydroxylation is 1. The third-order valence-electron chi connectivity index (χ3n) is 3.95. The fourth-order valence-corrected chi connectivity index (χ4v) is 3.45. The Hall–Kier alpha value is -3.00. The summed E-state index contributed by atoms with van der Waals surface area (Å²) in [5, 5.41) is -0.396. The molecule has 1 fully saturated rings. The van der Waals surface area contributed by atoms with Crippen molar-refractivity contribution >= 4 is 35.0 Å². The molecule has 2 aromatic rings. The van der Waals surface area contributed by atoms with Gasteiger partial charge >= 0.3 is 5.97 Å². The van der Waals surface area contributed by atoms with Crippen LogP contribution in [-0.4, -0.2) is 36.2 Å². The van der Waals surface area contributed by atoms with Crippen LogP contribution >= 0.6 is 11.8 Å². The molecule has 0 bridgehead atoms. The summed E-state index contributed by atoms with van der Waals surface area (Å²) in [4.78, 5) is 37.7. The number of thioether (sulfide) groups is 1. The number of esters is 1. The third-order valence-corrected chi connectivity index (χ3v) is 4.86. The van der Waals surface area contributed by atoms with Crippen LogP contribution in [0.4, 0.5) is 4.79 Å². The Balaban J connectivity index is 1.77. The average molecular weight is 387 g/mol. The minimum atomic E-state index is -0.620. The number of methoxy groups -OCH3 is 2. The molecule has 0 radical (unpaired) electrons. The maximum Gasteiger partial charge on any atom is 0.373 e. The Morgan fingerprint density at radius 3 is 2.67 bits per heavy atom. The molecule has 1 aromatic carbocycles. The SMILES string of the molecule is COC(=O)c1ccc(CN2C(=O)S/C(=C/c3ccc(OC)c(C)c3)C2=O)o1. The second-order valence-electron chi connectivity index (χ2n) is 5.75. The van der Waals surface area contributed by atoms with Gasteiger partial charge in [-0.15, -0.1) is 0 Å². The zero-order valence-electron chi connectivity index (χ0n) is 15.0. The standard InChI is InChI=1S/C19H17NO6S/c1-11-8-12(4-6-14(11)24-2)9-16-17(21)20(19(23)27-16)10-13-5-7-15(26-13)18(22)25-3/h4-9H,10H2,1-3H3/b16-9+. The highest BCUT2D eigenvalue weighted by molar-refractivity contribution is 8.18. The van der Waals surface area contributed by atoms with Crippen LogP contribution in [0.3, 0.4) is 0 Å². The Morgan fingerprint density at radius 2 is 2.00 bits per heavy atom. The normalized spacial score (nSPS) is 15.5. The van der Waals surface area contributed by atoms with Crippen LogP contribution in [0.15, 0.2) is 39.7 Å². The summed E-state index contributed by atoms with van der Waals surface area (Å²) in [5.41, 5.74) is 1.72. The van der Waals surface area contributed by atoms with Crippen LogP contribution in [0.5, 0.6) is 5.75 Å². The van der Waals surface area contributed by atoms with Gasteiger partial charge in [0.1, 0.15) is 11.5 Å². The number of furan rings is 1. The van der Waals surface area contributed by atoms with Crippen LogP contribution in [0.2, 0.25) is 0 Å². The van der Waals surface area contributed by atoms with E-state index in [1.807, 2.05) is 25.1 Å². The Labute approximate surface area is 159 Å². The highest BCUT2D eigenvalue weighted by Gasteiger charge is 2.35. The molecule has 8 heteroatoms. The predicted octanol–water partition coefficient (Wildman–Crippen LogP) is 3.62. The summed E-state index contributed by atoms with van der Waals surface area (Å²) in [5.74, 6) is 0.0575. The van der Waals surface area contributed by atoms with Crippen molar-refractivity contribution < 1.29 is 28.3 Å². The largest absolute Gasteiger partial charge is 0.496 e. The van der Waals surface area contributed by atoms with Crippen molar-refractivity contribution in [2.45, 2.75) is 13.5 Å². The summed E-state index contributed by atoms with van der Waals surface area (Å²) in [7, 11) is 2.83. The van der Waals surface area contributed by atoms with Gasteiger partial charge in [-0.05, 0) is 60.2 Å². The molecule has 0 atom stereocenters. The van der Waals surface area contributed by atoms with Gasteiger partial charge in [0.15, 0.2) is 0 Å². The molecule has 2 amide bonds. The first-order valence-electron chi connectivity index (χ1n) is 8.00. The Bertz CT molecular complexity index is 945. The van der Waals surface area contributed by atoms with Crippen LogP contribution in [0.25, 0.3) is 6.08 Å². The van der Waals surface area contributed by atoms with Gasteiger partial charge in [0.05, 0.1) is 25.7 Å². The molecule has 0 N–H and O–H groups in total. The molecule has 1 aliphatic heterocycles. The van der Waals surface area contributed by atoms with Crippen LogP contribution in [0.1, 0.15) is 27.4 Å². The number of imide groups is 1. The lowest BCUT2D eigenvalue weighted by molar-refractivity contribution is -0.123. The molecule has 1 aliphatic rings. The van der Waals surface area contributed by atoms with Gasteiger partial charge in [-0.2, -0.15) is 0 Å². The summed E-state index contributed by atoms with van der Waals surface area (Å²) in [6, 6.07) is 8.47. The third kappa shape index (κ3) is 3.90. The van der Waals surface area contributed by atoms with Gasteiger partial charge in [0, 0.05) is 0 Å². The number of hydrogen-bond donors (Lipinski definition) is 0. The van der Waals surface area contributed by atoms with Crippen LogP contribution in [-0.2, 0) is 16.1 Å². The molecule has 0 aliphatic carbocycles. The number of ether oxygens (including phenoxy) is 2. The molecule has 0 unspecified atom stereocenters. The summed E-state index contributed by atoms with van der Waals surface area (Å²) < 4.78 is 15.1. The average Bonchev–Trinajstić information content (AvgIpc) is 3.22. The molecule has 0 saturated carbocycles. The first-order valence-corrected chi connectivity index (χ1v) is 8.81. The van der Waals surface area contributed by atoms with Crippen LogP contribution in [0, 0.1) is 6.92 Å². The van der Waals surface area contributed by atoms with Crippen molar-refractivity contribution in [2.24, 2.45) is 0 Å². The van der Waals surface area contributed by atoms with E-state index in [9.17, 15) is 14.4 Å². The van der Waals surface area contributed by atoms with Crippen molar-refractivity contribution in [2.75, 3.05) is 14.2 Å². The smallest absolute Gasteiger partial charge is 0.373 e. The Morgan fingerprint density at radius 1 is 1.22 bits per heavy atom. The molecule has 3 rings (SSSR count). The molecular weight excluding hydrogens is 370 g/mol. The van der Waals surface area contributed by atoms with E-state index in [1.165, 1.54) is 19.2 Å². The van der Waals surface area contributed by atoms with Gasteiger partial charge in [-0.1, -0.05) is 6.07 Å².